The van der Waals surface area contributed by atoms with Crippen molar-refractivity contribution < 1.29 is 9.59 Å². The molecule has 0 aliphatic carbocycles. The fraction of sp³-hybridized carbons (Fsp3) is 0.467. The molecular weight excluding hydrogens is 286 g/mol. The third kappa shape index (κ3) is 3.06. The molecule has 0 atom stereocenters. The Morgan fingerprint density at radius 1 is 1.38 bits per heavy atom. The van der Waals surface area contributed by atoms with Gasteiger partial charge in [-0.1, -0.05) is 0 Å². The molecule has 112 valence electrons. The SMILES string of the molecule is NCC1CCN(C(=O)c2ccc3c(c2)NC(=O)CS3)CC1. The lowest BCUT2D eigenvalue weighted by molar-refractivity contribution is -0.113. The van der Waals surface area contributed by atoms with Crippen molar-refractivity contribution in [2.24, 2.45) is 11.7 Å². The molecule has 6 heteroatoms. The fourth-order valence-electron chi connectivity index (χ4n) is 2.77. The summed E-state index contributed by atoms with van der Waals surface area (Å²) in [6.45, 7) is 2.22. The molecule has 0 aromatic heterocycles. The van der Waals surface area contributed by atoms with Gasteiger partial charge in [0.05, 0.1) is 11.4 Å². The first kappa shape index (κ1) is 14.4. The fourth-order valence-corrected chi connectivity index (χ4v) is 3.56. The number of carbonyl (C=O) groups is 2. The first-order chi connectivity index (χ1) is 10.2. The molecule has 21 heavy (non-hydrogen) atoms. The van der Waals surface area contributed by atoms with Crippen LogP contribution in [0.4, 0.5) is 5.69 Å². The lowest BCUT2D eigenvalue weighted by Crippen LogP contribution is -2.40. The van der Waals surface area contributed by atoms with Gasteiger partial charge >= 0.3 is 0 Å². The van der Waals surface area contributed by atoms with Crippen molar-refractivity contribution in [2.45, 2.75) is 17.7 Å². The average Bonchev–Trinajstić information content (AvgIpc) is 2.53. The zero-order chi connectivity index (χ0) is 14.8. The van der Waals surface area contributed by atoms with E-state index in [4.69, 9.17) is 5.73 Å². The molecule has 3 N–H and O–H groups in total. The molecule has 1 fully saturated rings. The van der Waals surface area contributed by atoms with Crippen LogP contribution in [0.3, 0.4) is 0 Å². The van der Waals surface area contributed by atoms with Crippen LogP contribution in [0.25, 0.3) is 0 Å². The molecule has 1 aromatic rings. The second-order valence-electron chi connectivity index (χ2n) is 5.52. The van der Waals surface area contributed by atoms with Gasteiger partial charge in [-0.3, -0.25) is 9.59 Å². The molecule has 0 unspecified atom stereocenters. The van der Waals surface area contributed by atoms with E-state index in [1.54, 1.807) is 6.07 Å². The average molecular weight is 305 g/mol. The maximum absolute atomic E-state index is 12.5. The number of rotatable bonds is 2. The van der Waals surface area contributed by atoms with Crippen LogP contribution in [0.2, 0.25) is 0 Å². The number of nitrogens with zero attached hydrogens (tertiary/aromatic N) is 1. The summed E-state index contributed by atoms with van der Waals surface area (Å²) in [7, 11) is 0. The highest BCUT2D eigenvalue weighted by Gasteiger charge is 2.24. The number of benzene rings is 1. The predicted molar refractivity (Wildman–Crippen MR) is 83.5 cm³/mol. The molecule has 2 amide bonds. The smallest absolute Gasteiger partial charge is 0.253 e. The van der Waals surface area contributed by atoms with E-state index < -0.39 is 0 Å². The lowest BCUT2D eigenvalue weighted by Gasteiger charge is -2.31. The Balaban J connectivity index is 1.73. The van der Waals surface area contributed by atoms with Crippen LogP contribution >= 0.6 is 11.8 Å². The molecule has 2 aliphatic heterocycles. The molecule has 3 rings (SSSR count). The number of hydrogen-bond donors (Lipinski definition) is 2. The summed E-state index contributed by atoms with van der Waals surface area (Å²) in [6, 6.07) is 5.55. The number of thioether (sulfide) groups is 1. The molecule has 5 nitrogen and oxygen atoms in total. The van der Waals surface area contributed by atoms with E-state index in [1.165, 1.54) is 11.8 Å². The number of fused-ring (bicyclic) bond motifs is 1. The molecule has 0 spiro atoms. The minimum absolute atomic E-state index is 0.0131. The Kier molecular flexibility index (Phi) is 4.17. The second-order valence-corrected chi connectivity index (χ2v) is 6.54. The molecule has 2 aliphatic rings. The Morgan fingerprint density at radius 3 is 2.86 bits per heavy atom. The van der Waals surface area contributed by atoms with Gasteiger partial charge in [-0.25, -0.2) is 0 Å². The van der Waals surface area contributed by atoms with Gasteiger partial charge in [0, 0.05) is 23.5 Å². The molecule has 1 aromatic carbocycles. The summed E-state index contributed by atoms with van der Waals surface area (Å²) in [5.74, 6) is 1.000. The quantitative estimate of drug-likeness (QED) is 0.869. The van der Waals surface area contributed by atoms with Crippen LogP contribution < -0.4 is 11.1 Å². The van der Waals surface area contributed by atoms with Gasteiger partial charge in [0.25, 0.3) is 5.91 Å². The summed E-state index contributed by atoms with van der Waals surface area (Å²) < 4.78 is 0. The van der Waals surface area contributed by atoms with Crippen molar-refractivity contribution in [1.29, 1.82) is 0 Å². The third-order valence-corrected chi connectivity index (χ3v) is 5.17. The van der Waals surface area contributed by atoms with Crippen LogP contribution in [-0.4, -0.2) is 42.1 Å². The van der Waals surface area contributed by atoms with E-state index in [-0.39, 0.29) is 11.8 Å². The zero-order valence-electron chi connectivity index (χ0n) is 11.8. The minimum atomic E-state index is -0.0131. The van der Waals surface area contributed by atoms with E-state index in [1.807, 2.05) is 17.0 Å². The van der Waals surface area contributed by atoms with Crippen LogP contribution in [0.15, 0.2) is 23.1 Å². The zero-order valence-corrected chi connectivity index (χ0v) is 12.6. The highest BCUT2D eigenvalue weighted by Crippen LogP contribution is 2.32. The number of piperidine rings is 1. The Bertz CT molecular complexity index is 568. The molecule has 1 saturated heterocycles. The van der Waals surface area contributed by atoms with E-state index in [2.05, 4.69) is 5.32 Å². The van der Waals surface area contributed by atoms with E-state index in [0.29, 0.717) is 23.8 Å². The second kappa shape index (κ2) is 6.07. The molecule has 0 bridgehead atoms. The normalized spacial score (nSPS) is 19.1. The largest absolute Gasteiger partial charge is 0.339 e. The Morgan fingerprint density at radius 2 is 2.14 bits per heavy atom. The highest BCUT2D eigenvalue weighted by molar-refractivity contribution is 8.00. The maximum atomic E-state index is 12.5. The van der Waals surface area contributed by atoms with Gasteiger partial charge in [0.2, 0.25) is 5.91 Å². The van der Waals surface area contributed by atoms with E-state index in [9.17, 15) is 9.59 Å². The number of carbonyl (C=O) groups excluding carboxylic acids is 2. The van der Waals surface area contributed by atoms with Crippen molar-refractivity contribution in [3.8, 4) is 0 Å². The number of nitrogens with two attached hydrogens (primary N) is 1. The third-order valence-electron chi connectivity index (χ3n) is 4.09. The van der Waals surface area contributed by atoms with Crippen LogP contribution in [0.5, 0.6) is 0 Å². The predicted octanol–water partition coefficient (Wildman–Crippen LogP) is 1.54. The van der Waals surface area contributed by atoms with Crippen molar-refractivity contribution >= 4 is 29.3 Å². The summed E-state index contributed by atoms with van der Waals surface area (Å²) >= 11 is 1.51. The number of hydrogen-bond acceptors (Lipinski definition) is 4. The van der Waals surface area contributed by atoms with Gasteiger partial charge in [-0.05, 0) is 43.5 Å². The van der Waals surface area contributed by atoms with Gasteiger partial charge in [0.15, 0.2) is 0 Å². The van der Waals surface area contributed by atoms with Gasteiger partial charge in [-0.15, -0.1) is 11.8 Å². The Hall–Kier alpha value is -1.53. The summed E-state index contributed by atoms with van der Waals surface area (Å²) in [5, 5.41) is 2.83. The lowest BCUT2D eigenvalue weighted by atomic mass is 9.96. The van der Waals surface area contributed by atoms with Crippen molar-refractivity contribution in [3.05, 3.63) is 23.8 Å². The van der Waals surface area contributed by atoms with Crippen LogP contribution in [0, 0.1) is 5.92 Å². The van der Waals surface area contributed by atoms with Crippen molar-refractivity contribution in [2.75, 3.05) is 30.7 Å². The van der Waals surface area contributed by atoms with Gasteiger partial charge in [-0.2, -0.15) is 0 Å². The monoisotopic (exact) mass is 305 g/mol. The van der Waals surface area contributed by atoms with E-state index in [0.717, 1.165) is 36.5 Å². The maximum Gasteiger partial charge on any atom is 0.253 e. The standard InChI is InChI=1S/C15H19N3O2S/c16-8-10-3-5-18(6-4-10)15(20)11-1-2-13-12(7-11)17-14(19)9-21-13/h1-2,7,10H,3-6,8-9,16H2,(H,17,19). The van der Waals surface area contributed by atoms with E-state index >= 15 is 0 Å². The van der Waals surface area contributed by atoms with Crippen LogP contribution in [0.1, 0.15) is 23.2 Å². The number of likely N-dealkylation sites (tertiary alicyclic amines) is 1. The number of anilines is 1. The van der Waals surface area contributed by atoms with Gasteiger partial charge < -0.3 is 16.0 Å². The van der Waals surface area contributed by atoms with Crippen molar-refractivity contribution in [3.63, 3.8) is 0 Å². The summed E-state index contributed by atoms with van der Waals surface area (Å²) in [4.78, 5) is 26.9. The number of nitrogens with one attached hydrogen (secondary N) is 1. The highest BCUT2D eigenvalue weighted by atomic mass is 32.2. The molecule has 0 saturated carbocycles. The minimum Gasteiger partial charge on any atom is -0.339 e. The first-order valence-electron chi connectivity index (χ1n) is 7.23. The first-order valence-corrected chi connectivity index (χ1v) is 8.22. The van der Waals surface area contributed by atoms with Crippen molar-refractivity contribution in [1.82, 2.24) is 4.90 Å². The molecular formula is C15H19N3O2S. The molecule has 2 heterocycles. The Labute approximate surface area is 128 Å². The topological polar surface area (TPSA) is 75.4 Å². The van der Waals surface area contributed by atoms with Gasteiger partial charge in [0.1, 0.15) is 0 Å². The summed E-state index contributed by atoms with van der Waals surface area (Å²) in [6.07, 6.45) is 1.94. The summed E-state index contributed by atoms with van der Waals surface area (Å²) in [5.41, 5.74) is 7.07. The number of amides is 2. The molecule has 0 radical (unpaired) electrons. The van der Waals surface area contributed by atoms with Crippen LogP contribution in [-0.2, 0) is 4.79 Å².